The van der Waals surface area contributed by atoms with E-state index in [2.05, 4.69) is 16.7 Å². The molecule has 11 nitrogen and oxygen atoms in total. The molecule has 13 heteroatoms. The number of halogens is 1. The van der Waals surface area contributed by atoms with Gasteiger partial charge in [0.05, 0.1) is 25.4 Å². The molecule has 1 fully saturated rings. The molecular formula is C19H32FN4O7P. The molecule has 0 aromatic rings. The molecule has 0 radical (unpaired) electrons. The monoisotopic (exact) mass is 478 g/mol. The van der Waals surface area contributed by atoms with E-state index >= 15 is 0 Å². The van der Waals surface area contributed by atoms with Crippen LogP contribution in [-0.2, 0) is 23.4 Å². The van der Waals surface area contributed by atoms with E-state index in [1.54, 1.807) is 20.8 Å². The van der Waals surface area contributed by atoms with Gasteiger partial charge in [-0.25, -0.2) is 14.5 Å². The SMILES string of the molecule is C=C1N=C(N)C(F)=CN1[C@@H]1O[C@H](COP(C)(=O)N[C@@H](C)C(=O)OC(C)C)C(C)(CO)[C@@H]1O. The van der Waals surface area contributed by atoms with E-state index in [4.69, 9.17) is 19.7 Å². The molecule has 0 spiro atoms. The minimum absolute atomic E-state index is 0.0372. The van der Waals surface area contributed by atoms with Crippen LogP contribution < -0.4 is 10.8 Å². The number of hydrogen-bond donors (Lipinski definition) is 4. The molecule has 182 valence electrons. The highest BCUT2D eigenvalue weighted by molar-refractivity contribution is 7.56. The summed E-state index contributed by atoms with van der Waals surface area (Å²) in [6.45, 7) is 10.6. The maximum absolute atomic E-state index is 14.0. The maximum atomic E-state index is 14.0. The van der Waals surface area contributed by atoms with E-state index in [-0.39, 0.29) is 24.4 Å². The van der Waals surface area contributed by atoms with Crippen LogP contribution in [0.1, 0.15) is 27.7 Å². The molecule has 0 saturated carbocycles. The average Bonchev–Trinajstić information content (AvgIpc) is 2.93. The van der Waals surface area contributed by atoms with E-state index in [0.717, 1.165) is 11.1 Å². The largest absolute Gasteiger partial charge is 0.462 e. The molecule has 2 rings (SSSR count). The molecule has 0 aromatic carbocycles. The highest BCUT2D eigenvalue weighted by atomic mass is 31.2. The van der Waals surface area contributed by atoms with Crippen LogP contribution in [0.15, 0.2) is 29.4 Å². The first-order chi connectivity index (χ1) is 14.7. The Hall–Kier alpha value is -1.82. The van der Waals surface area contributed by atoms with Gasteiger partial charge in [-0.05, 0) is 20.8 Å². The zero-order valence-electron chi connectivity index (χ0n) is 18.8. The first kappa shape index (κ1) is 26.4. The average molecular weight is 478 g/mol. The van der Waals surface area contributed by atoms with Gasteiger partial charge >= 0.3 is 5.97 Å². The Morgan fingerprint density at radius 1 is 1.53 bits per heavy atom. The zero-order valence-corrected chi connectivity index (χ0v) is 19.7. The lowest BCUT2D eigenvalue weighted by molar-refractivity contribution is -0.149. The van der Waals surface area contributed by atoms with Crippen molar-refractivity contribution in [3.63, 3.8) is 0 Å². The predicted molar refractivity (Wildman–Crippen MR) is 115 cm³/mol. The number of nitrogens with one attached hydrogen (secondary N) is 1. The minimum Gasteiger partial charge on any atom is -0.462 e. The van der Waals surface area contributed by atoms with Gasteiger partial charge in [0.25, 0.3) is 7.52 Å². The molecule has 0 aliphatic carbocycles. The second kappa shape index (κ2) is 9.98. The van der Waals surface area contributed by atoms with E-state index in [1.807, 2.05) is 0 Å². The third-order valence-electron chi connectivity index (χ3n) is 5.25. The van der Waals surface area contributed by atoms with Crippen LogP contribution in [-0.4, -0.2) is 77.4 Å². The number of nitrogens with two attached hydrogens (primary N) is 1. The van der Waals surface area contributed by atoms with Gasteiger partial charge in [-0.15, -0.1) is 0 Å². The predicted octanol–water partition coefficient (Wildman–Crippen LogP) is 0.795. The van der Waals surface area contributed by atoms with Crippen LogP contribution in [0.5, 0.6) is 0 Å². The number of aliphatic hydroxyl groups is 2. The van der Waals surface area contributed by atoms with Crippen molar-refractivity contribution in [3.05, 3.63) is 24.4 Å². The lowest BCUT2D eigenvalue weighted by atomic mass is 9.81. The van der Waals surface area contributed by atoms with Gasteiger partial charge in [-0.3, -0.25) is 9.36 Å². The van der Waals surface area contributed by atoms with Crippen molar-refractivity contribution < 1.29 is 38.0 Å². The second-order valence-electron chi connectivity index (χ2n) is 8.40. The number of ether oxygens (including phenoxy) is 2. The van der Waals surface area contributed by atoms with Gasteiger partial charge in [-0.1, -0.05) is 13.5 Å². The third-order valence-corrected chi connectivity index (χ3v) is 6.75. The number of aliphatic hydroxyl groups excluding tert-OH is 2. The summed E-state index contributed by atoms with van der Waals surface area (Å²) in [5, 5.41) is 23.4. The number of hydrogen-bond acceptors (Lipinski definition) is 10. The van der Waals surface area contributed by atoms with Crippen LogP contribution in [0.4, 0.5) is 4.39 Å². The van der Waals surface area contributed by atoms with E-state index in [9.17, 15) is 24.0 Å². The molecule has 2 heterocycles. The van der Waals surface area contributed by atoms with Crippen LogP contribution >= 0.6 is 7.52 Å². The van der Waals surface area contributed by atoms with Gasteiger partial charge < -0.3 is 34.8 Å². The summed E-state index contributed by atoms with van der Waals surface area (Å²) < 4.78 is 43.2. The van der Waals surface area contributed by atoms with Crippen molar-refractivity contribution >= 4 is 19.3 Å². The Bertz CT molecular complexity index is 852. The summed E-state index contributed by atoms with van der Waals surface area (Å²) >= 11 is 0. The number of rotatable bonds is 9. The lowest BCUT2D eigenvalue weighted by Gasteiger charge is -2.33. The topological polar surface area (TPSA) is 156 Å². The van der Waals surface area contributed by atoms with Crippen LogP contribution in [0.25, 0.3) is 0 Å². The van der Waals surface area contributed by atoms with E-state index in [0.29, 0.717) is 0 Å². The molecule has 0 amide bonds. The zero-order chi connectivity index (χ0) is 24.4. The molecule has 32 heavy (non-hydrogen) atoms. The fraction of sp³-hybridized carbons (Fsp3) is 0.684. The molecule has 2 aliphatic rings. The fourth-order valence-electron chi connectivity index (χ4n) is 3.28. The number of aliphatic imine (C=N–C) groups is 1. The van der Waals surface area contributed by atoms with Crippen molar-refractivity contribution in [1.29, 1.82) is 0 Å². The highest BCUT2D eigenvalue weighted by Gasteiger charge is 2.55. The van der Waals surface area contributed by atoms with Crippen molar-refractivity contribution in [2.24, 2.45) is 16.1 Å². The Morgan fingerprint density at radius 2 is 2.16 bits per heavy atom. The first-order valence-corrected chi connectivity index (χ1v) is 12.1. The van der Waals surface area contributed by atoms with Gasteiger partial charge in [-0.2, -0.15) is 0 Å². The molecule has 5 N–H and O–H groups in total. The van der Waals surface area contributed by atoms with Crippen LogP contribution in [0.2, 0.25) is 0 Å². The number of esters is 1. The van der Waals surface area contributed by atoms with Crippen molar-refractivity contribution in [1.82, 2.24) is 9.99 Å². The Balaban J connectivity index is 2.10. The maximum Gasteiger partial charge on any atom is 0.323 e. The number of carbonyl (C=O) groups is 1. The molecule has 0 aromatic heterocycles. The standard InChI is InChI=1S/C19H32FN4O7P/c1-10(2)30-18(27)11(3)23-32(6,28)29-8-14-19(5,9-25)15(26)17(31-14)24-7-13(20)16(21)22-12(24)4/h7,10-11,14-15,17,25-26H,4,8-9H2,1-3,5-6H3,(H2,21,22)(H,23,28)/t11-,14+,15+,17+,19?,32?/m0/s1. The highest BCUT2D eigenvalue weighted by Crippen LogP contribution is 2.45. The Labute approximate surface area is 186 Å². The van der Waals surface area contributed by atoms with Crippen molar-refractivity contribution in [2.45, 2.75) is 58.3 Å². The quantitative estimate of drug-likeness (QED) is 0.276. The van der Waals surface area contributed by atoms with Crippen molar-refractivity contribution in [3.8, 4) is 0 Å². The summed E-state index contributed by atoms with van der Waals surface area (Å²) in [4.78, 5) is 16.9. The summed E-state index contributed by atoms with van der Waals surface area (Å²) in [5.41, 5.74) is 4.19. The van der Waals surface area contributed by atoms with E-state index < -0.39 is 55.8 Å². The summed E-state index contributed by atoms with van der Waals surface area (Å²) in [5.74, 6) is -1.74. The van der Waals surface area contributed by atoms with Gasteiger partial charge in [0.15, 0.2) is 17.9 Å². The lowest BCUT2D eigenvalue weighted by Crippen LogP contribution is -2.46. The van der Waals surface area contributed by atoms with Crippen LogP contribution in [0, 0.1) is 5.41 Å². The summed E-state index contributed by atoms with van der Waals surface area (Å²) in [7, 11) is -3.50. The molecule has 6 atom stereocenters. The Kier molecular flexibility index (Phi) is 8.25. The molecule has 1 saturated heterocycles. The summed E-state index contributed by atoms with van der Waals surface area (Å²) in [6.07, 6.45) is -2.73. The summed E-state index contributed by atoms with van der Waals surface area (Å²) in [6, 6.07) is -0.895. The minimum atomic E-state index is -3.50. The Morgan fingerprint density at radius 3 is 2.72 bits per heavy atom. The van der Waals surface area contributed by atoms with E-state index in [1.165, 1.54) is 13.6 Å². The molecule has 2 aliphatic heterocycles. The number of carbonyl (C=O) groups excluding carboxylic acids is 1. The normalized spacial score (nSPS) is 31.2. The van der Waals surface area contributed by atoms with Crippen LogP contribution in [0.3, 0.4) is 0 Å². The van der Waals surface area contributed by atoms with Gasteiger partial charge in [0.2, 0.25) is 0 Å². The van der Waals surface area contributed by atoms with Gasteiger partial charge in [0, 0.05) is 18.3 Å². The fourth-order valence-corrected chi connectivity index (χ4v) is 4.58. The number of amidine groups is 1. The number of nitrogens with zero attached hydrogens (tertiary/aromatic N) is 2. The molecule has 2 unspecified atom stereocenters. The third kappa shape index (κ3) is 5.75. The van der Waals surface area contributed by atoms with Gasteiger partial charge in [0.1, 0.15) is 18.0 Å². The first-order valence-electron chi connectivity index (χ1n) is 10.1. The molecule has 0 bridgehead atoms. The molecular weight excluding hydrogens is 446 g/mol. The smallest absolute Gasteiger partial charge is 0.323 e. The van der Waals surface area contributed by atoms with Crippen molar-refractivity contribution in [2.75, 3.05) is 19.9 Å². The second-order valence-corrected chi connectivity index (χ2v) is 10.6.